The summed E-state index contributed by atoms with van der Waals surface area (Å²) in [6.45, 7) is 2.17. The van der Waals surface area contributed by atoms with Crippen LogP contribution in [0.1, 0.15) is 18.1 Å². The number of rotatable bonds is 0. The third-order valence-electron chi connectivity index (χ3n) is 2.05. The topological polar surface area (TPSA) is 0 Å². The Kier molecular flexibility index (Phi) is 2.13. The van der Waals surface area contributed by atoms with Crippen LogP contribution < -0.4 is 0 Å². The molecular weight excluding hydrogens is 280 g/mol. The van der Waals surface area contributed by atoms with Gasteiger partial charge in [0.1, 0.15) is 0 Å². The summed E-state index contributed by atoms with van der Waals surface area (Å²) in [6, 6.07) is 4.27. The Balaban J connectivity index is 2.61. The molecule has 62 valence electrons. The number of allylic oxidation sites excluding steroid dienone is 1. The molecule has 0 N–H and O–H groups in total. The second-order valence-electron chi connectivity index (χ2n) is 3.12. The minimum absolute atomic E-state index is 1.09. The first-order valence-corrected chi connectivity index (χ1v) is 5.40. The van der Waals surface area contributed by atoms with E-state index in [0.29, 0.717) is 0 Å². The first kappa shape index (κ1) is 8.52. The molecule has 0 saturated carbocycles. The van der Waals surface area contributed by atoms with Crippen LogP contribution in [0, 0.1) is 0 Å². The van der Waals surface area contributed by atoms with Gasteiger partial charge >= 0.3 is 0 Å². The second kappa shape index (κ2) is 3.00. The van der Waals surface area contributed by atoms with Crippen molar-refractivity contribution in [1.82, 2.24) is 0 Å². The SMILES string of the molecule is CC1=Cc2cc(Br)cc(Br)c2C1. The summed E-state index contributed by atoms with van der Waals surface area (Å²) >= 11 is 7.04. The molecule has 0 atom stereocenters. The molecule has 2 heteroatoms. The molecule has 0 aliphatic heterocycles. The van der Waals surface area contributed by atoms with Crippen LogP contribution in [0.2, 0.25) is 0 Å². The van der Waals surface area contributed by atoms with Gasteiger partial charge in [-0.05, 0) is 36.6 Å². The van der Waals surface area contributed by atoms with Gasteiger partial charge < -0.3 is 0 Å². The monoisotopic (exact) mass is 286 g/mol. The van der Waals surface area contributed by atoms with Crippen LogP contribution in [0.5, 0.6) is 0 Å². The Morgan fingerprint density at radius 2 is 2.00 bits per heavy atom. The van der Waals surface area contributed by atoms with E-state index in [1.54, 1.807) is 0 Å². The standard InChI is InChI=1S/C10H8Br2/c1-6-2-7-4-8(11)5-10(12)9(7)3-6/h2,4-5H,3H2,1H3. The lowest BCUT2D eigenvalue weighted by Gasteiger charge is -2.02. The summed E-state index contributed by atoms with van der Waals surface area (Å²) in [5, 5.41) is 0. The number of benzene rings is 1. The fourth-order valence-electron chi connectivity index (χ4n) is 1.53. The summed E-state index contributed by atoms with van der Waals surface area (Å²) in [5.41, 5.74) is 4.19. The molecule has 0 heterocycles. The van der Waals surface area contributed by atoms with Crippen LogP contribution in [-0.2, 0) is 6.42 Å². The Morgan fingerprint density at radius 1 is 1.25 bits per heavy atom. The Labute approximate surface area is 88.9 Å². The minimum Gasteiger partial charge on any atom is -0.0683 e. The van der Waals surface area contributed by atoms with E-state index in [0.717, 1.165) is 10.9 Å². The van der Waals surface area contributed by atoms with Crippen molar-refractivity contribution < 1.29 is 0 Å². The number of fused-ring (bicyclic) bond motifs is 1. The van der Waals surface area contributed by atoms with Crippen molar-refractivity contribution in [3.63, 3.8) is 0 Å². The molecule has 1 aliphatic carbocycles. The molecule has 0 spiro atoms. The summed E-state index contributed by atoms with van der Waals surface area (Å²) in [6.07, 6.45) is 3.33. The average Bonchev–Trinajstić information content (AvgIpc) is 2.29. The quantitative estimate of drug-likeness (QED) is 0.672. The van der Waals surface area contributed by atoms with Crippen LogP contribution in [0.25, 0.3) is 6.08 Å². The van der Waals surface area contributed by atoms with Gasteiger partial charge in [0, 0.05) is 8.95 Å². The smallest absolute Gasteiger partial charge is 0.0227 e. The fraction of sp³-hybridized carbons (Fsp3) is 0.200. The zero-order valence-electron chi connectivity index (χ0n) is 6.70. The molecule has 0 bridgehead atoms. The first-order valence-electron chi connectivity index (χ1n) is 3.82. The van der Waals surface area contributed by atoms with Crippen LogP contribution in [-0.4, -0.2) is 0 Å². The molecule has 2 rings (SSSR count). The average molecular weight is 288 g/mol. The van der Waals surface area contributed by atoms with E-state index in [9.17, 15) is 0 Å². The lowest BCUT2D eigenvalue weighted by Crippen LogP contribution is -1.84. The van der Waals surface area contributed by atoms with E-state index >= 15 is 0 Å². The largest absolute Gasteiger partial charge is 0.0683 e. The van der Waals surface area contributed by atoms with E-state index in [4.69, 9.17) is 0 Å². The van der Waals surface area contributed by atoms with E-state index in [1.165, 1.54) is 21.2 Å². The highest BCUT2D eigenvalue weighted by Gasteiger charge is 2.12. The van der Waals surface area contributed by atoms with Crippen molar-refractivity contribution in [2.75, 3.05) is 0 Å². The van der Waals surface area contributed by atoms with Gasteiger partial charge in [-0.25, -0.2) is 0 Å². The van der Waals surface area contributed by atoms with Gasteiger partial charge in [-0.1, -0.05) is 43.5 Å². The maximum Gasteiger partial charge on any atom is 0.0227 e. The Bertz CT molecular complexity index is 364. The molecule has 1 aliphatic rings. The molecule has 0 unspecified atom stereocenters. The highest BCUT2D eigenvalue weighted by atomic mass is 79.9. The van der Waals surface area contributed by atoms with E-state index < -0.39 is 0 Å². The molecule has 0 radical (unpaired) electrons. The highest BCUT2D eigenvalue weighted by Crippen LogP contribution is 2.33. The molecule has 1 aromatic carbocycles. The van der Waals surface area contributed by atoms with E-state index in [-0.39, 0.29) is 0 Å². The zero-order valence-corrected chi connectivity index (χ0v) is 9.87. The minimum atomic E-state index is 1.09. The van der Waals surface area contributed by atoms with Crippen molar-refractivity contribution in [1.29, 1.82) is 0 Å². The van der Waals surface area contributed by atoms with Crippen molar-refractivity contribution >= 4 is 37.9 Å². The van der Waals surface area contributed by atoms with E-state index in [1.807, 2.05) is 0 Å². The first-order chi connectivity index (χ1) is 5.66. The lowest BCUT2D eigenvalue weighted by atomic mass is 10.1. The van der Waals surface area contributed by atoms with Crippen LogP contribution in [0.15, 0.2) is 26.7 Å². The summed E-state index contributed by atoms with van der Waals surface area (Å²) in [7, 11) is 0. The van der Waals surface area contributed by atoms with E-state index in [2.05, 4.69) is 57.0 Å². The summed E-state index contributed by atoms with van der Waals surface area (Å²) in [5.74, 6) is 0. The second-order valence-corrected chi connectivity index (χ2v) is 4.89. The third kappa shape index (κ3) is 1.38. The normalized spacial score (nSPS) is 14.4. The van der Waals surface area contributed by atoms with Crippen LogP contribution in [0.4, 0.5) is 0 Å². The predicted molar refractivity (Wildman–Crippen MR) is 59.2 cm³/mol. The van der Waals surface area contributed by atoms with Crippen molar-refractivity contribution in [3.8, 4) is 0 Å². The third-order valence-corrected chi connectivity index (χ3v) is 3.22. The molecule has 0 nitrogen and oxygen atoms in total. The molecule has 0 fully saturated rings. The molecule has 0 aromatic heterocycles. The van der Waals surface area contributed by atoms with Gasteiger partial charge in [0.15, 0.2) is 0 Å². The van der Waals surface area contributed by atoms with Crippen LogP contribution in [0.3, 0.4) is 0 Å². The predicted octanol–water partition coefficient (Wildman–Crippen LogP) is 4.17. The van der Waals surface area contributed by atoms with Crippen LogP contribution >= 0.6 is 31.9 Å². The van der Waals surface area contributed by atoms with Crippen molar-refractivity contribution in [2.45, 2.75) is 13.3 Å². The van der Waals surface area contributed by atoms with Crippen molar-refractivity contribution in [2.24, 2.45) is 0 Å². The highest BCUT2D eigenvalue weighted by molar-refractivity contribution is 9.11. The molecule has 0 saturated heterocycles. The van der Waals surface area contributed by atoms with Gasteiger partial charge in [-0.3, -0.25) is 0 Å². The van der Waals surface area contributed by atoms with Gasteiger partial charge in [0.05, 0.1) is 0 Å². The molecule has 0 amide bonds. The number of hydrogen-bond donors (Lipinski definition) is 0. The maximum absolute atomic E-state index is 3.56. The van der Waals surface area contributed by atoms with Gasteiger partial charge in [0.2, 0.25) is 0 Å². The molecule has 12 heavy (non-hydrogen) atoms. The summed E-state index contributed by atoms with van der Waals surface area (Å²) in [4.78, 5) is 0. The fourth-order valence-corrected chi connectivity index (χ4v) is 2.93. The summed E-state index contributed by atoms with van der Waals surface area (Å²) < 4.78 is 2.35. The van der Waals surface area contributed by atoms with Crippen molar-refractivity contribution in [3.05, 3.63) is 37.8 Å². The molecular formula is C10H8Br2. The van der Waals surface area contributed by atoms with Gasteiger partial charge in [-0.2, -0.15) is 0 Å². The lowest BCUT2D eigenvalue weighted by molar-refractivity contribution is 1.18. The maximum atomic E-state index is 3.56. The zero-order chi connectivity index (χ0) is 8.72. The Hall–Kier alpha value is -0.0800. The number of hydrogen-bond acceptors (Lipinski definition) is 0. The van der Waals surface area contributed by atoms with Gasteiger partial charge in [0.25, 0.3) is 0 Å². The Morgan fingerprint density at radius 3 is 2.75 bits per heavy atom. The molecule has 1 aromatic rings. The van der Waals surface area contributed by atoms with Gasteiger partial charge in [-0.15, -0.1) is 0 Å². The number of halogens is 2.